The first-order valence-electron chi connectivity index (χ1n) is 12.7. The molecule has 35 heavy (non-hydrogen) atoms. The van der Waals surface area contributed by atoms with Gasteiger partial charge in [0.25, 0.3) is 0 Å². The van der Waals surface area contributed by atoms with Crippen molar-refractivity contribution in [3.8, 4) is 6.07 Å². The number of hydrogen-bond acceptors (Lipinski definition) is 4. The van der Waals surface area contributed by atoms with Crippen molar-refractivity contribution in [2.75, 3.05) is 13.2 Å². The van der Waals surface area contributed by atoms with Crippen molar-refractivity contribution in [1.82, 2.24) is 0 Å². The lowest BCUT2D eigenvalue weighted by molar-refractivity contribution is -0.137. The van der Waals surface area contributed by atoms with Gasteiger partial charge in [0.15, 0.2) is 0 Å². The van der Waals surface area contributed by atoms with Crippen molar-refractivity contribution < 1.29 is 19.4 Å². The molecule has 2 fully saturated rings. The molecule has 4 atom stereocenters. The predicted octanol–water partition coefficient (Wildman–Crippen LogP) is 5.93. The van der Waals surface area contributed by atoms with Crippen molar-refractivity contribution in [3.05, 3.63) is 83.4 Å². The summed E-state index contributed by atoms with van der Waals surface area (Å²) in [6, 6.07) is 20.4. The van der Waals surface area contributed by atoms with E-state index in [4.69, 9.17) is 19.8 Å². The van der Waals surface area contributed by atoms with Gasteiger partial charge in [-0.25, -0.2) is 0 Å². The number of carboxylic acid groups (broad SMARTS) is 1. The summed E-state index contributed by atoms with van der Waals surface area (Å²) in [6.45, 7) is 2.01. The third-order valence-corrected chi connectivity index (χ3v) is 7.71. The summed E-state index contributed by atoms with van der Waals surface area (Å²) >= 11 is 0. The molecule has 0 spiro atoms. The quantitative estimate of drug-likeness (QED) is 0.288. The van der Waals surface area contributed by atoms with E-state index in [1.54, 1.807) is 0 Å². The van der Waals surface area contributed by atoms with Gasteiger partial charge in [-0.2, -0.15) is 5.26 Å². The zero-order valence-corrected chi connectivity index (χ0v) is 20.3. The molecule has 4 rings (SSSR count). The Hall–Kier alpha value is -2.94. The Morgan fingerprint density at radius 2 is 1.94 bits per heavy atom. The van der Waals surface area contributed by atoms with E-state index < -0.39 is 5.97 Å². The summed E-state index contributed by atoms with van der Waals surface area (Å²) in [5, 5.41) is 17.9. The van der Waals surface area contributed by atoms with Crippen molar-refractivity contribution >= 4 is 5.97 Å². The van der Waals surface area contributed by atoms with Gasteiger partial charge in [0, 0.05) is 17.8 Å². The zero-order chi connectivity index (χ0) is 24.5. The molecule has 5 nitrogen and oxygen atoms in total. The van der Waals surface area contributed by atoms with Crippen LogP contribution in [-0.4, -0.2) is 30.4 Å². The van der Waals surface area contributed by atoms with E-state index in [1.807, 2.05) is 24.3 Å². The van der Waals surface area contributed by atoms with E-state index in [2.05, 4.69) is 48.6 Å². The fourth-order valence-electron chi connectivity index (χ4n) is 5.80. The van der Waals surface area contributed by atoms with Crippen LogP contribution in [0.15, 0.2) is 66.7 Å². The molecule has 1 aliphatic carbocycles. The maximum atomic E-state index is 10.8. The Kier molecular flexibility index (Phi) is 8.74. The van der Waals surface area contributed by atoms with Gasteiger partial charge in [-0.05, 0) is 67.7 Å². The molecule has 5 heteroatoms. The molecule has 2 aromatic rings. The zero-order valence-electron chi connectivity index (χ0n) is 20.3. The second kappa shape index (κ2) is 12.2. The van der Waals surface area contributed by atoms with Gasteiger partial charge in [0.05, 0.1) is 37.6 Å². The first-order valence-corrected chi connectivity index (χ1v) is 12.7. The molecule has 2 aromatic carbocycles. The van der Waals surface area contributed by atoms with E-state index in [0.29, 0.717) is 37.0 Å². The molecule has 1 heterocycles. The van der Waals surface area contributed by atoms with Gasteiger partial charge < -0.3 is 14.6 Å². The molecular formula is C30H35NO4. The Morgan fingerprint density at radius 1 is 1.14 bits per heavy atom. The van der Waals surface area contributed by atoms with Gasteiger partial charge in [0.1, 0.15) is 0 Å². The van der Waals surface area contributed by atoms with Crippen molar-refractivity contribution in [1.29, 1.82) is 5.26 Å². The van der Waals surface area contributed by atoms with Crippen molar-refractivity contribution in [2.24, 2.45) is 17.3 Å². The third kappa shape index (κ3) is 6.60. The van der Waals surface area contributed by atoms with Crippen LogP contribution in [0.25, 0.3) is 0 Å². The molecular weight excluding hydrogens is 438 g/mol. The lowest BCUT2D eigenvalue weighted by Crippen LogP contribution is -2.38. The largest absolute Gasteiger partial charge is 0.481 e. The first-order chi connectivity index (χ1) is 17.1. The highest BCUT2D eigenvalue weighted by Gasteiger charge is 2.57. The fourth-order valence-corrected chi connectivity index (χ4v) is 5.80. The fraction of sp³-hybridized carbons (Fsp3) is 0.467. The molecule has 1 saturated carbocycles. The van der Waals surface area contributed by atoms with E-state index >= 15 is 0 Å². The minimum Gasteiger partial charge on any atom is -0.481 e. The Bertz CT molecular complexity index is 1030. The van der Waals surface area contributed by atoms with Crippen LogP contribution >= 0.6 is 0 Å². The second-order valence-electron chi connectivity index (χ2n) is 9.99. The number of carboxylic acids is 1. The molecule has 0 amide bonds. The minimum atomic E-state index is -0.733. The van der Waals surface area contributed by atoms with Gasteiger partial charge in [0.2, 0.25) is 0 Å². The van der Waals surface area contributed by atoms with Crippen LogP contribution in [-0.2, 0) is 27.3 Å². The average molecular weight is 474 g/mol. The van der Waals surface area contributed by atoms with E-state index in [-0.39, 0.29) is 17.9 Å². The number of aliphatic carboxylic acids is 1. The summed E-state index contributed by atoms with van der Waals surface area (Å²) in [5.74, 6) is 0.103. The molecule has 0 unspecified atom stereocenters. The average Bonchev–Trinajstić information content (AvgIpc) is 3.43. The lowest BCUT2D eigenvalue weighted by atomic mass is 9.70. The van der Waals surface area contributed by atoms with Crippen LogP contribution in [0.3, 0.4) is 0 Å². The highest BCUT2D eigenvalue weighted by atomic mass is 16.5. The number of benzene rings is 2. The number of ether oxygens (including phenoxy) is 2. The van der Waals surface area contributed by atoms with Crippen LogP contribution < -0.4 is 0 Å². The van der Waals surface area contributed by atoms with Crippen LogP contribution in [0, 0.1) is 28.6 Å². The Balaban J connectivity index is 1.39. The highest BCUT2D eigenvalue weighted by molar-refractivity contribution is 5.66. The topological polar surface area (TPSA) is 79.5 Å². The SMILES string of the molecule is N#Cc1ccc(COC[C@@H]2[C@@H]3C[C@@](CCc4ccccc4)(CO3)[C@H]2C/C=C\CCCC(=O)O)cc1. The smallest absolute Gasteiger partial charge is 0.303 e. The summed E-state index contributed by atoms with van der Waals surface area (Å²) < 4.78 is 12.5. The number of hydrogen-bond donors (Lipinski definition) is 1. The number of nitrogens with zero attached hydrogens (tertiary/aromatic N) is 1. The van der Waals surface area contributed by atoms with Crippen LogP contribution in [0.5, 0.6) is 0 Å². The summed E-state index contributed by atoms with van der Waals surface area (Å²) in [6.07, 6.45) is 10.6. The standard InChI is InChI=1S/C30H35NO4/c31-19-24-12-14-25(15-13-24)20-34-21-26-27(10-6-1-2-7-11-29(32)33)30(18-28(26)35-22-30)17-16-23-8-4-3-5-9-23/h1,3-6,8-9,12-15,26-28H,2,7,10-11,16-18,20-22H2,(H,32,33)/b6-1-/t26-,27-,28-,30-/m0/s1. The molecule has 1 aliphatic heterocycles. The number of allylic oxidation sites excluding steroid dienone is 2. The number of rotatable bonds is 13. The number of unbranched alkanes of at least 4 members (excludes halogenated alkanes) is 1. The normalized spacial score (nSPS) is 25.2. The maximum Gasteiger partial charge on any atom is 0.303 e. The molecule has 2 bridgehead atoms. The first kappa shape index (κ1) is 25.2. The molecule has 184 valence electrons. The van der Waals surface area contributed by atoms with Crippen LogP contribution in [0.1, 0.15) is 55.2 Å². The highest BCUT2D eigenvalue weighted by Crippen LogP contribution is 2.57. The number of fused-ring (bicyclic) bond motifs is 2. The Morgan fingerprint density at radius 3 is 2.69 bits per heavy atom. The molecule has 2 aliphatic rings. The van der Waals surface area contributed by atoms with Crippen LogP contribution in [0.2, 0.25) is 0 Å². The number of carbonyl (C=O) groups is 1. The van der Waals surface area contributed by atoms with Gasteiger partial charge in [-0.1, -0.05) is 54.6 Å². The second-order valence-corrected chi connectivity index (χ2v) is 9.99. The van der Waals surface area contributed by atoms with E-state index in [1.165, 1.54) is 5.56 Å². The lowest BCUT2D eigenvalue weighted by Gasteiger charge is -2.39. The number of nitriles is 1. The van der Waals surface area contributed by atoms with Gasteiger partial charge in [-0.15, -0.1) is 0 Å². The van der Waals surface area contributed by atoms with Crippen molar-refractivity contribution in [3.63, 3.8) is 0 Å². The van der Waals surface area contributed by atoms with Gasteiger partial charge in [-0.3, -0.25) is 4.79 Å². The summed E-state index contributed by atoms with van der Waals surface area (Å²) in [7, 11) is 0. The molecule has 1 saturated heterocycles. The molecule has 1 N–H and O–H groups in total. The maximum absolute atomic E-state index is 10.8. The van der Waals surface area contributed by atoms with E-state index in [0.717, 1.165) is 44.3 Å². The van der Waals surface area contributed by atoms with E-state index in [9.17, 15) is 4.79 Å². The monoisotopic (exact) mass is 473 g/mol. The Labute approximate surface area is 208 Å². The predicted molar refractivity (Wildman–Crippen MR) is 135 cm³/mol. The number of aryl methyl sites for hydroxylation is 1. The van der Waals surface area contributed by atoms with Gasteiger partial charge >= 0.3 is 5.97 Å². The summed E-state index contributed by atoms with van der Waals surface area (Å²) in [4.78, 5) is 10.8. The van der Waals surface area contributed by atoms with Crippen LogP contribution in [0.4, 0.5) is 0 Å². The minimum absolute atomic E-state index is 0.161. The molecule has 0 aromatic heterocycles. The third-order valence-electron chi connectivity index (χ3n) is 7.71. The summed E-state index contributed by atoms with van der Waals surface area (Å²) in [5.41, 5.74) is 3.26. The van der Waals surface area contributed by atoms with Crippen molar-refractivity contribution in [2.45, 2.75) is 57.7 Å². The molecule has 0 radical (unpaired) electrons.